The predicted molar refractivity (Wildman–Crippen MR) is 143 cm³/mol. The summed E-state index contributed by atoms with van der Waals surface area (Å²) in [5.41, 5.74) is 4.92. The first-order valence-corrected chi connectivity index (χ1v) is 12.8. The number of aliphatic hydroxyl groups is 1. The Morgan fingerprint density at radius 1 is 0.972 bits per heavy atom. The summed E-state index contributed by atoms with van der Waals surface area (Å²) in [5.74, 6) is 3.40. The third kappa shape index (κ3) is 6.74. The van der Waals surface area contributed by atoms with Gasteiger partial charge in [-0.2, -0.15) is 0 Å². The standard InChI is InChI=1S/C29H38N4O3/c1-5-28-27(18-23-8-6-7-21(2)17-23)29(31-22(3)30-28)33-15-13-32(14-16-33)19-24(34)20-36-26-11-9-25(35-4)10-12-26/h6-12,17,24,34H,5,13-16,18-20H2,1-4H3. The molecule has 7 nitrogen and oxygen atoms in total. The van der Waals surface area contributed by atoms with Crippen LogP contribution in [-0.4, -0.2) is 72.5 Å². The van der Waals surface area contributed by atoms with E-state index in [1.165, 1.54) is 16.7 Å². The van der Waals surface area contributed by atoms with E-state index in [1.54, 1.807) is 7.11 Å². The van der Waals surface area contributed by atoms with Gasteiger partial charge < -0.3 is 19.5 Å². The Hall–Kier alpha value is -3.16. The fraction of sp³-hybridized carbons (Fsp3) is 0.448. The lowest BCUT2D eigenvalue weighted by atomic mass is 10.0. The molecule has 4 rings (SSSR count). The summed E-state index contributed by atoms with van der Waals surface area (Å²) in [6, 6.07) is 16.1. The number of ether oxygens (including phenoxy) is 2. The fourth-order valence-corrected chi connectivity index (χ4v) is 4.76. The van der Waals surface area contributed by atoms with Gasteiger partial charge in [0.1, 0.15) is 35.9 Å². The second kappa shape index (κ2) is 12.2. The molecule has 0 aliphatic carbocycles. The van der Waals surface area contributed by atoms with Gasteiger partial charge in [-0.15, -0.1) is 0 Å². The summed E-state index contributed by atoms with van der Waals surface area (Å²) in [6.07, 6.45) is 1.17. The lowest BCUT2D eigenvalue weighted by Crippen LogP contribution is -2.49. The minimum absolute atomic E-state index is 0.262. The van der Waals surface area contributed by atoms with E-state index in [1.807, 2.05) is 31.2 Å². The summed E-state index contributed by atoms with van der Waals surface area (Å²) in [4.78, 5) is 14.4. The maximum atomic E-state index is 10.6. The zero-order chi connectivity index (χ0) is 25.5. The Morgan fingerprint density at radius 3 is 2.36 bits per heavy atom. The molecule has 1 atom stereocenters. The summed E-state index contributed by atoms with van der Waals surface area (Å²) in [5, 5.41) is 10.6. The van der Waals surface area contributed by atoms with Crippen LogP contribution >= 0.6 is 0 Å². The van der Waals surface area contributed by atoms with Crippen molar-refractivity contribution >= 4 is 5.82 Å². The van der Waals surface area contributed by atoms with Crippen molar-refractivity contribution in [1.82, 2.24) is 14.9 Å². The normalized spacial score (nSPS) is 15.1. The van der Waals surface area contributed by atoms with Gasteiger partial charge in [-0.05, 0) is 50.1 Å². The zero-order valence-electron chi connectivity index (χ0n) is 21.9. The lowest BCUT2D eigenvalue weighted by molar-refractivity contribution is 0.0662. The molecule has 1 aliphatic rings. The van der Waals surface area contributed by atoms with Crippen molar-refractivity contribution < 1.29 is 14.6 Å². The summed E-state index contributed by atoms with van der Waals surface area (Å²) >= 11 is 0. The molecule has 1 N–H and O–H groups in total. The Morgan fingerprint density at radius 2 is 1.69 bits per heavy atom. The lowest BCUT2D eigenvalue weighted by Gasteiger charge is -2.37. The van der Waals surface area contributed by atoms with Crippen molar-refractivity contribution in [3.8, 4) is 11.5 Å². The second-order valence-electron chi connectivity index (χ2n) is 9.47. The van der Waals surface area contributed by atoms with Gasteiger partial charge in [0.25, 0.3) is 0 Å². The highest BCUT2D eigenvalue weighted by molar-refractivity contribution is 5.52. The number of methoxy groups -OCH3 is 1. The van der Waals surface area contributed by atoms with E-state index in [-0.39, 0.29) is 6.61 Å². The molecule has 1 aliphatic heterocycles. The van der Waals surface area contributed by atoms with Gasteiger partial charge in [-0.25, -0.2) is 9.97 Å². The maximum absolute atomic E-state index is 10.6. The zero-order valence-corrected chi connectivity index (χ0v) is 21.9. The van der Waals surface area contributed by atoms with Crippen LogP contribution in [0.15, 0.2) is 48.5 Å². The summed E-state index contributed by atoms with van der Waals surface area (Å²) in [6.45, 7) is 10.6. The monoisotopic (exact) mass is 490 g/mol. The van der Waals surface area contributed by atoms with E-state index < -0.39 is 6.10 Å². The van der Waals surface area contributed by atoms with Crippen LogP contribution in [0.4, 0.5) is 5.82 Å². The Labute approximate surface area is 214 Å². The first-order chi connectivity index (χ1) is 17.4. The van der Waals surface area contributed by atoms with Gasteiger partial charge in [0.2, 0.25) is 0 Å². The molecular weight excluding hydrogens is 452 g/mol. The van der Waals surface area contributed by atoms with Crippen LogP contribution in [-0.2, 0) is 12.8 Å². The van der Waals surface area contributed by atoms with Gasteiger partial charge in [-0.1, -0.05) is 36.8 Å². The van der Waals surface area contributed by atoms with Crippen molar-refractivity contribution in [3.63, 3.8) is 0 Å². The van der Waals surface area contributed by atoms with Gasteiger partial charge in [-0.3, -0.25) is 4.90 Å². The molecule has 36 heavy (non-hydrogen) atoms. The summed E-state index contributed by atoms with van der Waals surface area (Å²) in [7, 11) is 1.64. The van der Waals surface area contributed by atoms with Gasteiger partial charge in [0.15, 0.2) is 0 Å². The molecule has 0 amide bonds. The molecule has 0 radical (unpaired) electrons. The molecule has 0 bridgehead atoms. The van der Waals surface area contributed by atoms with Crippen LogP contribution in [0, 0.1) is 13.8 Å². The van der Waals surface area contributed by atoms with Crippen molar-refractivity contribution in [2.45, 2.75) is 39.7 Å². The molecule has 1 saturated heterocycles. The summed E-state index contributed by atoms with van der Waals surface area (Å²) < 4.78 is 10.9. The highest BCUT2D eigenvalue weighted by atomic mass is 16.5. The van der Waals surface area contributed by atoms with Crippen LogP contribution < -0.4 is 14.4 Å². The topological polar surface area (TPSA) is 71.0 Å². The molecule has 1 aromatic heterocycles. The largest absolute Gasteiger partial charge is 0.497 e. The number of aryl methyl sites for hydroxylation is 3. The Kier molecular flexibility index (Phi) is 8.78. The average Bonchev–Trinajstić information content (AvgIpc) is 2.89. The van der Waals surface area contributed by atoms with E-state index >= 15 is 0 Å². The van der Waals surface area contributed by atoms with Crippen molar-refractivity contribution in [1.29, 1.82) is 0 Å². The van der Waals surface area contributed by atoms with Gasteiger partial charge in [0.05, 0.1) is 7.11 Å². The minimum atomic E-state index is -0.552. The van der Waals surface area contributed by atoms with Crippen LogP contribution in [0.3, 0.4) is 0 Å². The van der Waals surface area contributed by atoms with E-state index in [9.17, 15) is 5.11 Å². The molecule has 1 fully saturated rings. The van der Waals surface area contributed by atoms with Crippen LogP contribution in [0.2, 0.25) is 0 Å². The van der Waals surface area contributed by atoms with Crippen molar-refractivity contribution in [2.75, 3.05) is 51.3 Å². The van der Waals surface area contributed by atoms with Crippen LogP contribution in [0.5, 0.6) is 11.5 Å². The SMILES string of the molecule is CCc1nc(C)nc(N2CCN(CC(O)COc3ccc(OC)cc3)CC2)c1Cc1cccc(C)c1. The molecule has 1 unspecified atom stereocenters. The van der Waals surface area contributed by atoms with Crippen molar-refractivity contribution in [2.24, 2.45) is 0 Å². The Bertz CT molecular complexity index is 1130. The first kappa shape index (κ1) is 25.9. The predicted octanol–water partition coefficient (Wildman–Crippen LogP) is 3.82. The van der Waals surface area contributed by atoms with Crippen LogP contribution in [0.1, 0.15) is 35.1 Å². The number of rotatable bonds is 10. The molecule has 0 saturated carbocycles. The fourth-order valence-electron chi connectivity index (χ4n) is 4.76. The Balaban J connectivity index is 1.36. The quantitative estimate of drug-likeness (QED) is 0.463. The number of nitrogens with zero attached hydrogens (tertiary/aromatic N) is 4. The number of benzene rings is 2. The third-order valence-electron chi connectivity index (χ3n) is 6.62. The average molecular weight is 491 g/mol. The highest BCUT2D eigenvalue weighted by Gasteiger charge is 2.24. The van der Waals surface area contributed by atoms with Gasteiger partial charge in [0, 0.05) is 50.4 Å². The third-order valence-corrected chi connectivity index (χ3v) is 6.62. The van der Waals surface area contributed by atoms with Crippen molar-refractivity contribution in [3.05, 3.63) is 76.7 Å². The number of aromatic nitrogens is 2. The van der Waals surface area contributed by atoms with E-state index in [0.717, 1.165) is 67.9 Å². The molecule has 2 aromatic carbocycles. The molecule has 0 spiro atoms. The number of aliphatic hydroxyl groups excluding tert-OH is 1. The number of anilines is 1. The maximum Gasteiger partial charge on any atom is 0.136 e. The first-order valence-electron chi connectivity index (χ1n) is 12.8. The molecule has 7 heteroatoms. The highest BCUT2D eigenvalue weighted by Crippen LogP contribution is 2.26. The van der Waals surface area contributed by atoms with Gasteiger partial charge >= 0.3 is 0 Å². The molecule has 2 heterocycles. The number of piperazine rings is 1. The van der Waals surface area contributed by atoms with E-state index in [2.05, 4.69) is 47.9 Å². The smallest absolute Gasteiger partial charge is 0.136 e. The molecule has 192 valence electrons. The van der Waals surface area contributed by atoms with Crippen LogP contribution in [0.25, 0.3) is 0 Å². The molecule has 3 aromatic rings. The number of hydrogen-bond donors (Lipinski definition) is 1. The van der Waals surface area contributed by atoms with E-state index in [0.29, 0.717) is 6.54 Å². The van der Waals surface area contributed by atoms with E-state index in [4.69, 9.17) is 19.4 Å². The second-order valence-corrected chi connectivity index (χ2v) is 9.47. The molecular formula is C29H38N4O3. The number of β-amino-alcohol motifs (C(OH)–C–C–N with tert-alkyl or cyclic N) is 1. The minimum Gasteiger partial charge on any atom is -0.497 e. The number of hydrogen-bond acceptors (Lipinski definition) is 7.